The van der Waals surface area contributed by atoms with E-state index in [1.165, 1.54) is 4.90 Å². The van der Waals surface area contributed by atoms with Crippen molar-refractivity contribution in [3.05, 3.63) is 35.4 Å². The molecule has 1 saturated carbocycles. The topological polar surface area (TPSA) is 86.7 Å². The van der Waals surface area contributed by atoms with E-state index in [-0.39, 0.29) is 36.4 Å². The van der Waals surface area contributed by atoms with Crippen molar-refractivity contribution in [2.45, 2.75) is 45.1 Å². The molecule has 0 bridgehead atoms. The normalized spacial score (nSPS) is 14.1. The van der Waals surface area contributed by atoms with Crippen LogP contribution >= 0.6 is 0 Å². The van der Waals surface area contributed by atoms with Crippen LogP contribution in [0, 0.1) is 0 Å². The number of nitrogens with one attached hydrogen (secondary N) is 1. The molecule has 0 unspecified atom stereocenters. The van der Waals surface area contributed by atoms with Gasteiger partial charge in [0.2, 0.25) is 5.91 Å². The molecule has 1 aliphatic rings. The number of carbonyl (C=O) groups excluding carboxylic acids is 2. The SMILES string of the molecule is CC(C)(C)c1ccc(C(=O)NCC(=O)N(CC(=O)O)C2CC2)cc1. The number of aliphatic carboxylic acids is 1. The largest absolute Gasteiger partial charge is 0.480 e. The minimum absolute atomic E-state index is 0.00317. The maximum Gasteiger partial charge on any atom is 0.323 e. The molecule has 0 atom stereocenters. The van der Waals surface area contributed by atoms with Gasteiger partial charge in [-0.2, -0.15) is 0 Å². The standard InChI is InChI=1S/C18H24N2O4/c1-18(2,3)13-6-4-12(5-7-13)17(24)19-10-15(21)20(11-16(22)23)14-8-9-14/h4-7,14H,8-11H2,1-3H3,(H,19,24)(H,22,23). The fraction of sp³-hybridized carbons (Fsp3) is 0.500. The third kappa shape index (κ3) is 4.81. The van der Waals surface area contributed by atoms with E-state index in [4.69, 9.17) is 5.11 Å². The van der Waals surface area contributed by atoms with Crippen molar-refractivity contribution in [1.82, 2.24) is 10.2 Å². The van der Waals surface area contributed by atoms with Crippen LogP contribution in [-0.2, 0) is 15.0 Å². The molecule has 0 aliphatic heterocycles. The summed E-state index contributed by atoms with van der Waals surface area (Å²) < 4.78 is 0. The highest BCUT2D eigenvalue weighted by atomic mass is 16.4. The predicted octanol–water partition coefficient (Wildman–Crippen LogP) is 1.79. The van der Waals surface area contributed by atoms with E-state index < -0.39 is 5.97 Å². The first-order valence-electron chi connectivity index (χ1n) is 8.08. The Hall–Kier alpha value is -2.37. The first kappa shape index (κ1) is 18.0. The number of rotatable bonds is 6. The molecule has 1 fully saturated rings. The van der Waals surface area contributed by atoms with Gasteiger partial charge in [-0.15, -0.1) is 0 Å². The number of carboxylic acid groups (broad SMARTS) is 1. The third-order valence-corrected chi connectivity index (χ3v) is 4.03. The van der Waals surface area contributed by atoms with Crippen LogP contribution < -0.4 is 5.32 Å². The molecule has 0 spiro atoms. The van der Waals surface area contributed by atoms with Crippen LogP contribution in [0.3, 0.4) is 0 Å². The van der Waals surface area contributed by atoms with Gasteiger partial charge in [-0.1, -0.05) is 32.9 Å². The third-order valence-electron chi connectivity index (χ3n) is 4.03. The smallest absolute Gasteiger partial charge is 0.323 e. The van der Waals surface area contributed by atoms with E-state index in [1.807, 2.05) is 12.1 Å². The molecule has 6 heteroatoms. The lowest BCUT2D eigenvalue weighted by molar-refractivity contribution is -0.144. The van der Waals surface area contributed by atoms with Crippen molar-refractivity contribution in [2.24, 2.45) is 0 Å². The first-order valence-corrected chi connectivity index (χ1v) is 8.08. The van der Waals surface area contributed by atoms with Crippen molar-refractivity contribution in [2.75, 3.05) is 13.1 Å². The number of amides is 2. The summed E-state index contributed by atoms with van der Waals surface area (Å²) in [4.78, 5) is 36.4. The summed E-state index contributed by atoms with van der Waals surface area (Å²) in [7, 11) is 0. The van der Waals surface area contributed by atoms with E-state index in [2.05, 4.69) is 26.1 Å². The van der Waals surface area contributed by atoms with Crippen LogP contribution in [0.15, 0.2) is 24.3 Å². The van der Waals surface area contributed by atoms with Crippen LogP contribution in [0.5, 0.6) is 0 Å². The first-order chi connectivity index (χ1) is 11.2. The highest BCUT2D eigenvalue weighted by Gasteiger charge is 2.33. The van der Waals surface area contributed by atoms with Gasteiger partial charge in [-0.05, 0) is 36.0 Å². The Morgan fingerprint density at radius 2 is 1.75 bits per heavy atom. The maximum absolute atomic E-state index is 12.1. The molecular weight excluding hydrogens is 308 g/mol. The summed E-state index contributed by atoms with van der Waals surface area (Å²) in [6.07, 6.45) is 1.64. The van der Waals surface area contributed by atoms with Gasteiger partial charge in [0.05, 0.1) is 6.54 Å². The lowest BCUT2D eigenvalue weighted by Crippen LogP contribution is -2.43. The second-order valence-electron chi connectivity index (χ2n) is 7.16. The molecule has 2 rings (SSSR count). The highest BCUT2D eigenvalue weighted by molar-refractivity contribution is 5.96. The van der Waals surface area contributed by atoms with Gasteiger partial charge in [0.25, 0.3) is 5.91 Å². The minimum atomic E-state index is -1.04. The summed E-state index contributed by atoms with van der Waals surface area (Å²) >= 11 is 0. The number of nitrogens with zero attached hydrogens (tertiary/aromatic N) is 1. The van der Waals surface area contributed by atoms with E-state index in [1.54, 1.807) is 12.1 Å². The molecule has 2 N–H and O–H groups in total. The lowest BCUT2D eigenvalue weighted by Gasteiger charge is -2.20. The van der Waals surface area contributed by atoms with Gasteiger partial charge in [0.15, 0.2) is 0 Å². The Bertz CT molecular complexity index is 627. The molecule has 130 valence electrons. The molecule has 0 aromatic heterocycles. The van der Waals surface area contributed by atoms with E-state index in [9.17, 15) is 14.4 Å². The maximum atomic E-state index is 12.1. The van der Waals surface area contributed by atoms with E-state index >= 15 is 0 Å². The molecule has 1 aliphatic carbocycles. The molecule has 0 radical (unpaired) electrons. The van der Waals surface area contributed by atoms with Crippen molar-refractivity contribution < 1.29 is 19.5 Å². The van der Waals surface area contributed by atoms with Gasteiger partial charge in [-0.3, -0.25) is 14.4 Å². The average Bonchev–Trinajstić information content (AvgIpc) is 3.33. The molecular formula is C18H24N2O4. The molecule has 1 aromatic carbocycles. The Morgan fingerprint density at radius 3 is 2.21 bits per heavy atom. The van der Waals surface area contributed by atoms with Crippen LogP contribution in [0.1, 0.15) is 49.5 Å². The Labute approximate surface area is 141 Å². The average molecular weight is 332 g/mol. The predicted molar refractivity (Wildman–Crippen MR) is 89.8 cm³/mol. The second-order valence-corrected chi connectivity index (χ2v) is 7.16. The van der Waals surface area contributed by atoms with Crippen molar-refractivity contribution in [3.8, 4) is 0 Å². The van der Waals surface area contributed by atoms with Crippen molar-refractivity contribution >= 4 is 17.8 Å². The molecule has 0 saturated heterocycles. The van der Waals surface area contributed by atoms with Crippen LogP contribution in [0.25, 0.3) is 0 Å². The fourth-order valence-electron chi connectivity index (χ4n) is 2.43. The Morgan fingerprint density at radius 1 is 1.17 bits per heavy atom. The number of carbonyl (C=O) groups is 3. The van der Waals surface area contributed by atoms with Gasteiger partial charge >= 0.3 is 5.97 Å². The van der Waals surface area contributed by atoms with E-state index in [0.717, 1.165) is 18.4 Å². The molecule has 0 heterocycles. The quantitative estimate of drug-likeness (QED) is 0.831. The number of carboxylic acids is 1. The minimum Gasteiger partial charge on any atom is -0.480 e. The zero-order chi connectivity index (χ0) is 17.9. The summed E-state index contributed by atoms with van der Waals surface area (Å²) in [5.41, 5.74) is 1.61. The highest BCUT2D eigenvalue weighted by Crippen LogP contribution is 2.26. The summed E-state index contributed by atoms with van der Waals surface area (Å²) in [6.45, 7) is 5.77. The zero-order valence-corrected chi connectivity index (χ0v) is 14.3. The summed E-state index contributed by atoms with van der Waals surface area (Å²) in [5.74, 6) is -1.74. The number of hydrogen-bond acceptors (Lipinski definition) is 3. The second kappa shape index (κ2) is 7.03. The van der Waals surface area contributed by atoms with Gasteiger partial charge in [0, 0.05) is 11.6 Å². The molecule has 2 amide bonds. The van der Waals surface area contributed by atoms with Gasteiger partial charge in [-0.25, -0.2) is 0 Å². The lowest BCUT2D eigenvalue weighted by atomic mass is 9.87. The molecule has 6 nitrogen and oxygen atoms in total. The number of benzene rings is 1. The Balaban J connectivity index is 1.92. The molecule has 1 aromatic rings. The fourth-order valence-corrected chi connectivity index (χ4v) is 2.43. The monoisotopic (exact) mass is 332 g/mol. The van der Waals surface area contributed by atoms with E-state index in [0.29, 0.717) is 5.56 Å². The zero-order valence-electron chi connectivity index (χ0n) is 14.3. The van der Waals surface area contributed by atoms with Crippen molar-refractivity contribution in [1.29, 1.82) is 0 Å². The van der Waals surface area contributed by atoms with Gasteiger partial charge < -0.3 is 15.3 Å². The van der Waals surface area contributed by atoms with Crippen LogP contribution in [0.2, 0.25) is 0 Å². The molecule has 24 heavy (non-hydrogen) atoms. The summed E-state index contributed by atoms with van der Waals surface area (Å²) in [5, 5.41) is 11.4. The van der Waals surface area contributed by atoms with Crippen LogP contribution in [0.4, 0.5) is 0 Å². The number of hydrogen-bond donors (Lipinski definition) is 2. The van der Waals surface area contributed by atoms with Gasteiger partial charge in [0.1, 0.15) is 6.54 Å². The Kier molecular flexibility index (Phi) is 5.26. The van der Waals surface area contributed by atoms with Crippen molar-refractivity contribution in [3.63, 3.8) is 0 Å². The summed E-state index contributed by atoms with van der Waals surface area (Å²) in [6, 6.07) is 7.26. The van der Waals surface area contributed by atoms with Crippen LogP contribution in [-0.4, -0.2) is 46.9 Å².